The summed E-state index contributed by atoms with van der Waals surface area (Å²) in [6.45, 7) is 6.84. The first-order chi connectivity index (χ1) is 13.8. The number of benzene rings is 1. The lowest BCUT2D eigenvalue weighted by Gasteiger charge is -2.20. The summed E-state index contributed by atoms with van der Waals surface area (Å²) >= 11 is 0. The summed E-state index contributed by atoms with van der Waals surface area (Å²) in [5.41, 5.74) is 1.30. The fraction of sp³-hybridized carbons (Fsp3) is 0.455. The van der Waals surface area contributed by atoms with E-state index in [1.807, 2.05) is 24.4 Å². The number of nitrogens with one attached hydrogen (secondary N) is 3. The average Bonchev–Trinajstić information content (AvgIpc) is 3.20. The van der Waals surface area contributed by atoms with Crippen LogP contribution >= 0.6 is 24.0 Å². The molecular weight excluding hydrogens is 475 g/mol. The minimum absolute atomic E-state index is 0. The summed E-state index contributed by atoms with van der Waals surface area (Å²) in [6.07, 6.45) is 5.07. The van der Waals surface area contributed by atoms with Crippen LogP contribution in [0.2, 0.25) is 0 Å². The Labute approximate surface area is 191 Å². The number of para-hydroxylation sites is 1. The zero-order valence-electron chi connectivity index (χ0n) is 17.2. The van der Waals surface area contributed by atoms with Crippen LogP contribution in [0.25, 0.3) is 0 Å². The monoisotopic (exact) mass is 508 g/mol. The van der Waals surface area contributed by atoms with Crippen molar-refractivity contribution in [1.29, 1.82) is 0 Å². The van der Waals surface area contributed by atoms with E-state index in [1.165, 1.54) is 5.69 Å². The largest absolute Gasteiger partial charge is 0.370 e. The third-order valence-electron chi connectivity index (χ3n) is 4.82. The smallest absolute Gasteiger partial charge is 0.191 e. The summed E-state index contributed by atoms with van der Waals surface area (Å²) in [6, 6.07) is 17.0. The summed E-state index contributed by atoms with van der Waals surface area (Å²) in [7, 11) is 0. The zero-order valence-corrected chi connectivity index (χ0v) is 19.5. The van der Waals surface area contributed by atoms with Gasteiger partial charge in [-0.1, -0.05) is 24.3 Å². The Hall–Kier alpha value is -2.03. The highest BCUT2D eigenvalue weighted by atomic mass is 127. The molecule has 0 aliphatic carbocycles. The lowest BCUT2D eigenvalue weighted by atomic mass is 10.2. The summed E-state index contributed by atoms with van der Waals surface area (Å²) in [5.74, 6) is 1.87. The van der Waals surface area contributed by atoms with Crippen LogP contribution in [0.5, 0.6) is 0 Å². The summed E-state index contributed by atoms with van der Waals surface area (Å²) in [4.78, 5) is 11.5. The zero-order chi connectivity index (χ0) is 19.4. The molecule has 1 fully saturated rings. The summed E-state index contributed by atoms with van der Waals surface area (Å²) < 4.78 is 0. The van der Waals surface area contributed by atoms with Crippen molar-refractivity contribution in [3.63, 3.8) is 0 Å². The molecule has 7 heteroatoms. The van der Waals surface area contributed by atoms with E-state index >= 15 is 0 Å². The molecule has 0 bridgehead atoms. The molecule has 0 amide bonds. The van der Waals surface area contributed by atoms with Crippen LogP contribution in [0, 0.1) is 0 Å². The van der Waals surface area contributed by atoms with E-state index < -0.39 is 0 Å². The molecule has 1 atom stereocenters. The maximum Gasteiger partial charge on any atom is 0.191 e. The predicted molar refractivity (Wildman–Crippen MR) is 134 cm³/mol. The molecule has 1 aliphatic heterocycles. The Kier molecular flexibility index (Phi) is 10.6. The Morgan fingerprint density at radius 3 is 2.72 bits per heavy atom. The molecule has 0 saturated carbocycles. The van der Waals surface area contributed by atoms with E-state index in [-0.39, 0.29) is 24.0 Å². The van der Waals surface area contributed by atoms with E-state index in [2.05, 4.69) is 63.1 Å². The molecule has 29 heavy (non-hydrogen) atoms. The van der Waals surface area contributed by atoms with Gasteiger partial charge >= 0.3 is 0 Å². The molecule has 2 aromatic rings. The molecule has 1 aliphatic rings. The molecule has 0 spiro atoms. The highest BCUT2D eigenvalue weighted by molar-refractivity contribution is 14.0. The predicted octanol–water partition coefficient (Wildman–Crippen LogP) is 3.73. The van der Waals surface area contributed by atoms with Crippen LogP contribution in [0.15, 0.2) is 59.7 Å². The van der Waals surface area contributed by atoms with E-state index in [0.717, 1.165) is 63.8 Å². The van der Waals surface area contributed by atoms with E-state index in [1.54, 1.807) is 0 Å². The number of guanidine groups is 1. The number of aliphatic imine (C=N–C) groups is 1. The van der Waals surface area contributed by atoms with Gasteiger partial charge in [-0.25, -0.2) is 4.98 Å². The van der Waals surface area contributed by atoms with Gasteiger partial charge < -0.3 is 20.9 Å². The molecule has 3 rings (SSSR count). The molecular formula is C22H33IN6. The van der Waals surface area contributed by atoms with Crippen molar-refractivity contribution in [2.75, 3.05) is 42.9 Å². The first-order valence-electron chi connectivity index (χ1n) is 10.3. The lowest BCUT2D eigenvalue weighted by molar-refractivity contribution is 0.646. The van der Waals surface area contributed by atoms with Crippen molar-refractivity contribution < 1.29 is 0 Å². The molecule has 1 unspecified atom stereocenters. The normalized spacial score (nSPS) is 16.2. The molecule has 158 valence electrons. The van der Waals surface area contributed by atoms with Crippen LogP contribution in [0.4, 0.5) is 11.5 Å². The summed E-state index contributed by atoms with van der Waals surface area (Å²) in [5, 5.41) is 10.3. The van der Waals surface area contributed by atoms with Crippen LogP contribution in [0.3, 0.4) is 0 Å². The van der Waals surface area contributed by atoms with Crippen molar-refractivity contribution in [2.24, 2.45) is 4.99 Å². The van der Waals surface area contributed by atoms with Crippen molar-refractivity contribution in [2.45, 2.75) is 32.2 Å². The number of unbranched alkanes of at least 4 members (excludes halogenated alkanes) is 1. The second kappa shape index (κ2) is 13.2. The molecule has 2 heterocycles. The lowest BCUT2D eigenvalue weighted by Crippen LogP contribution is -2.44. The van der Waals surface area contributed by atoms with Crippen LogP contribution < -0.4 is 20.9 Å². The molecule has 0 radical (unpaired) electrons. The SMILES string of the molecule is CCNC(=NCCCCNc1ccccn1)NC1CCN(c2ccccc2)C1.I. The number of halogens is 1. The van der Waals surface area contributed by atoms with E-state index in [0.29, 0.717) is 6.04 Å². The first kappa shape index (κ1) is 23.3. The minimum atomic E-state index is 0. The van der Waals surface area contributed by atoms with Gasteiger partial charge in [-0.15, -0.1) is 24.0 Å². The maximum absolute atomic E-state index is 4.75. The van der Waals surface area contributed by atoms with Gasteiger partial charge in [-0.2, -0.15) is 0 Å². The van der Waals surface area contributed by atoms with Crippen molar-refractivity contribution >= 4 is 41.4 Å². The Morgan fingerprint density at radius 1 is 1.14 bits per heavy atom. The minimum Gasteiger partial charge on any atom is -0.370 e. The second-order valence-corrected chi connectivity index (χ2v) is 7.02. The van der Waals surface area contributed by atoms with Crippen molar-refractivity contribution in [3.05, 3.63) is 54.7 Å². The standard InChI is InChI=1S/C22H32N6.HI/c1-2-23-22(26-16-9-8-15-25-21-12-6-7-14-24-21)27-19-13-17-28(18-19)20-10-4-3-5-11-20;/h3-7,10-12,14,19H,2,8-9,13,15-18H2,1H3,(H,24,25)(H2,23,26,27);1H. The van der Waals surface area contributed by atoms with Gasteiger partial charge in [0, 0.05) is 50.6 Å². The third-order valence-corrected chi connectivity index (χ3v) is 4.82. The Morgan fingerprint density at radius 2 is 1.97 bits per heavy atom. The van der Waals surface area contributed by atoms with Gasteiger partial charge in [0.2, 0.25) is 0 Å². The number of pyridine rings is 1. The molecule has 6 nitrogen and oxygen atoms in total. The fourth-order valence-corrected chi connectivity index (χ4v) is 3.38. The van der Waals surface area contributed by atoms with E-state index in [9.17, 15) is 0 Å². The van der Waals surface area contributed by atoms with Crippen LogP contribution in [-0.4, -0.2) is 49.7 Å². The topological polar surface area (TPSA) is 64.6 Å². The van der Waals surface area contributed by atoms with Crippen molar-refractivity contribution in [1.82, 2.24) is 15.6 Å². The second-order valence-electron chi connectivity index (χ2n) is 7.02. The van der Waals surface area contributed by atoms with Gasteiger partial charge in [0.05, 0.1) is 0 Å². The van der Waals surface area contributed by atoms with Crippen LogP contribution in [-0.2, 0) is 0 Å². The number of nitrogens with zero attached hydrogens (tertiary/aromatic N) is 3. The Bertz CT molecular complexity index is 710. The number of hydrogen-bond donors (Lipinski definition) is 3. The van der Waals surface area contributed by atoms with Crippen LogP contribution in [0.1, 0.15) is 26.2 Å². The highest BCUT2D eigenvalue weighted by Crippen LogP contribution is 2.19. The van der Waals surface area contributed by atoms with Gasteiger partial charge in [-0.3, -0.25) is 4.99 Å². The van der Waals surface area contributed by atoms with Crippen molar-refractivity contribution in [3.8, 4) is 0 Å². The van der Waals surface area contributed by atoms with Gasteiger partial charge in [0.25, 0.3) is 0 Å². The number of hydrogen-bond acceptors (Lipinski definition) is 4. The number of rotatable bonds is 9. The maximum atomic E-state index is 4.75. The van der Waals surface area contributed by atoms with E-state index in [4.69, 9.17) is 4.99 Å². The van der Waals surface area contributed by atoms with Gasteiger partial charge in [-0.05, 0) is 50.5 Å². The molecule has 1 aromatic carbocycles. The third kappa shape index (κ3) is 8.08. The Balaban J connectivity index is 0.00000300. The molecule has 3 N–H and O–H groups in total. The number of anilines is 2. The molecule has 1 aromatic heterocycles. The number of aromatic nitrogens is 1. The van der Waals surface area contributed by atoms with Gasteiger partial charge in [0.1, 0.15) is 5.82 Å². The first-order valence-corrected chi connectivity index (χ1v) is 10.3. The molecule has 1 saturated heterocycles. The highest BCUT2D eigenvalue weighted by Gasteiger charge is 2.23. The van der Waals surface area contributed by atoms with Gasteiger partial charge in [0.15, 0.2) is 5.96 Å². The average molecular weight is 508 g/mol. The quantitative estimate of drug-likeness (QED) is 0.209. The fourth-order valence-electron chi connectivity index (χ4n) is 3.38.